The Hall–Kier alpha value is -4.48. The minimum Gasteiger partial charge on any atom is -0.489 e. The van der Waals surface area contributed by atoms with Crippen molar-refractivity contribution in [2.24, 2.45) is 0 Å². The van der Waals surface area contributed by atoms with Gasteiger partial charge in [0, 0.05) is 47.7 Å². The molecule has 0 bridgehead atoms. The van der Waals surface area contributed by atoms with Gasteiger partial charge in [0.1, 0.15) is 17.5 Å². The topological polar surface area (TPSA) is 120 Å². The monoisotopic (exact) mass is 585 g/mol. The van der Waals surface area contributed by atoms with Gasteiger partial charge in [0.05, 0.1) is 12.8 Å². The molecule has 6 rings (SSSR count). The fourth-order valence-electron chi connectivity index (χ4n) is 5.30. The highest BCUT2D eigenvalue weighted by Gasteiger charge is 2.22. The number of ether oxygens (including phenoxy) is 1. The number of likely N-dealkylation sites (N-methyl/N-ethyl adjacent to an activating group) is 1. The normalized spacial score (nSPS) is 15.7. The molecule has 3 aromatic heterocycles. The molecule has 1 aliphatic heterocycles. The van der Waals surface area contributed by atoms with E-state index in [1.54, 1.807) is 18.3 Å². The number of nitrogens with one attached hydrogen (secondary N) is 1. The first kappa shape index (κ1) is 27.7. The smallest absolute Gasteiger partial charge is 0.260 e. The maximum Gasteiger partial charge on any atom is 0.260 e. The summed E-state index contributed by atoms with van der Waals surface area (Å²) in [5.41, 5.74) is 3.36. The molecule has 0 amide bonds. The van der Waals surface area contributed by atoms with E-state index >= 15 is 0 Å². The van der Waals surface area contributed by atoms with Gasteiger partial charge in [-0.15, -0.1) is 0 Å². The van der Waals surface area contributed by atoms with Crippen LogP contribution in [0.4, 0.5) is 11.6 Å². The Morgan fingerprint density at radius 2 is 1.88 bits per heavy atom. The molecular weight excluding hydrogens is 554 g/mol. The predicted molar refractivity (Wildman–Crippen MR) is 161 cm³/mol. The van der Waals surface area contributed by atoms with E-state index in [4.69, 9.17) is 14.1 Å². The number of furan rings is 1. The van der Waals surface area contributed by atoms with E-state index in [9.17, 15) is 13.2 Å². The van der Waals surface area contributed by atoms with Crippen molar-refractivity contribution in [2.45, 2.75) is 31.1 Å². The Kier molecular flexibility index (Phi) is 7.29. The molecule has 0 radical (unpaired) electrons. The van der Waals surface area contributed by atoms with E-state index in [0.29, 0.717) is 28.1 Å². The largest absolute Gasteiger partial charge is 0.489 e. The van der Waals surface area contributed by atoms with Gasteiger partial charge in [-0.2, -0.15) is 4.98 Å². The fraction of sp³-hybridized carbons (Fsp3) is 0.258. The molecule has 1 atom stereocenters. The summed E-state index contributed by atoms with van der Waals surface area (Å²) in [7, 11) is -1.56. The molecule has 42 heavy (non-hydrogen) atoms. The number of aromatic nitrogens is 3. The lowest BCUT2D eigenvalue weighted by Gasteiger charge is -2.15. The third-order valence-electron chi connectivity index (χ3n) is 7.40. The van der Waals surface area contributed by atoms with Gasteiger partial charge in [0.15, 0.2) is 0 Å². The zero-order valence-electron chi connectivity index (χ0n) is 23.6. The molecule has 1 unspecified atom stereocenters. The van der Waals surface area contributed by atoms with Gasteiger partial charge in [-0.3, -0.25) is 9.36 Å². The van der Waals surface area contributed by atoms with Crippen LogP contribution in [0.2, 0.25) is 0 Å². The van der Waals surface area contributed by atoms with Crippen LogP contribution in [0.1, 0.15) is 17.5 Å². The Balaban J connectivity index is 1.38. The van der Waals surface area contributed by atoms with Crippen LogP contribution in [-0.2, 0) is 16.4 Å². The van der Waals surface area contributed by atoms with Crippen molar-refractivity contribution in [3.05, 3.63) is 94.6 Å². The number of aryl methyl sites for hydroxylation is 1. The molecule has 2 aromatic carbocycles. The third kappa shape index (κ3) is 5.65. The summed E-state index contributed by atoms with van der Waals surface area (Å²) < 4.78 is 37.5. The Morgan fingerprint density at radius 3 is 2.60 bits per heavy atom. The van der Waals surface area contributed by atoms with E-state index in [0.717, 1.165) is 48.3 Å². The molecule has 4 heterocycles. The van der Waals surface area contributed by atoms with Crippen molar-refractivity contribution in [2.75, 3.05) is 31.7 Å². The quantitative estimate of drug-likeness (QED) is 0.278. The van der Waals surface area contributed by atoms with Crippen LogP contribution in [0.3, 0.4) is 0 Å². The number of rotatable bonds is 8. The van der Waals surface area contributed by atoms with E-state index in [-0.39, 0.29) is 23.3 Å². The number of pyridine rings is 1. The van der Waals surface area contributed by atoms with Gasteiger partial charge < -0.3 is 19.4 Å². The summed E-state index contributed by atoms with van der Waals surface area (Å²) in [6, 6.07) is 18.5. The Bertz CT molecular complexity index is 1930. The summed E-state index contributed by atoms with van der Waals surface area (Å²) in [5, 5.41) is 3.66. The fourth-order valence-corrected chi connectivity index (χ4v) is 6.14. The second-order valence-electron chi connectivity index (χ2n) is 10.7. The van der Waals surface area contributed by atoms with E-state index in [2.05, 4.69) is 22.2 Å². The average molecular weight is 586 g/mol. The van der Waals surface area contributed by atoms with E-state index < -0.39 is 9.84 Å². The summed E-state index contributed by atoms with van der Waals surface area (Å²) in [4.78, 5) is 25.4. The molecule has 216 valence electrons. The molecule has 1 fully saturated rings. The lowest BCUT2D eigenvalue weighted by atomic mass is 10.0. The van der Waals surface area contributed by atoms with Gasteiger partial charge in [0.25, 0.3) is 5.56 Å². The van der Waals surface area contributed by atoms with E-state index in [1.165, 1.54) is 10.8 Å². The summed E-state index contributed by atoms with van der Waals surface area (Å²) in [5.74, 6) is 1.08. The maximum atomic E-state index is 14.0. The standard InChI is InChI=1S/C31H31N5O5S/c1-20-6-4-5-7-26(20)27-16-22-17-32-31(33-23-8-10-24(11-9-23)41-25-12-14-35(2)19-25)34-28(22)36(29(27)37)18-21-13-15-40-30(21)42(3,38)39/h4-11,13,15-17,25H,12,14,18-19H2,1-3H3,(H,32,33,34). The first-order valence-electron chi connectivity index (χ1n) is 13.6. The Morgan fingerprint density at radius 1 is 1.10 bits per heavy atom. The number of fused-ring (bicyclic) bond motifs is 1. The van der Waals surface area contributed by atoms with Crippen LogP contribution >= 0.6 is 0 Å². The lowest BCUT2D eigenvalue weighted by Crippen LogP contribution is -2.24. The zero-order valence-corrected chi connectivity index (χ0v) is 24.4. The van der Waals surface area contributed by atoms with Gasteiger partial charge in [-0.05, 0) is 67.9 Å². The maximum absolute atomic E-state index is 14.0. The molecular formula is C31H31N5O5S. The minimum absolute atomic E-state index is 0.0488. The molecule has 10 nitrogen and oxygen atoms in total. The van der Waals surface area contributed by atoms with Crippen molar-refractivity contribution < 1.29 is 17.6 Å². The highest BCUT2D eigenvalue weighted by atomic mass is 32.2. The molecule has 1 saturated heterocycles. The first-order valence-corrected chi connectivity index (χ1v) is 15.5. The van der Waals surface area contributed by atoms with Crippen molar-refractivity contribution >= 4 is 32.5 Å². The number of hydrogen-bond donors (Lipinski definition) is 1. The van der Waals surface area contributed by atoms with Crippen LogP contribution in [-0.4, -0.2) is 60.3 Å². The second kappa shape index (κ2) is 11.1. The molecule has 0 aliphatic carbocycles. The third-order valence-corrected chi connectivity index (χ3v) is 8.43. The van der Waals surface area contributed by atoms with E-state index in [1.807, 2.05) is 55.5 Å². The number of sulfone groups is 1. The zero-order chi connectivity index (χ0) is 29.4. The van der Waals surface area contributed by atoms with Gasteiger partial charge >= 0.3 is 0 Å². The molecule has 1 N–H and O–H groups in total. The summed E-state index contributed by atoms with van der Waals surface area (Å²) in [6.07, 6.45) is 5.22. The molecule has 1 aliphatic rings. The summed E-state index contributed by atoms with van der Waals surface area (Å²) >= 11 is 0. The van der Waals surface area contributed by atoms with Crippen molar-refractivity contribution in [1.29, 1.82) is 0 Å². The minimum atomic E-state index is -3.65. The number of hydrogen-bond acceptors (Lipinski definition) is 9. The second-order valence-corrected chi connectivity index (χ2v) is 12.6. The van der Waals surface area contributed by atoms with Crippen molar-refractivity contribution in [3.63, 3.8) is 0 Å². The first-order chi connectivity index (χ1) is 20.2. The van der Waals surface area contributed by atoms with Crippen LogP contribution < -0.4 is 15.6 Å². The van der Waals surface area contributed by atoms with Crippen LogP contribution in [0, 0.1) is 6.92 Å². The highest BCUT2D eigenvalue weighted by Crippen LogP contribution is 2.27. The number of likely N-dealkylation sites (tertiary alicyclic amines) is 1. The molecule has 11 heteroatoms. The number of nitrogens with zero attached hydrogens (tertiary/aromatic N) is 4. The van der Waals surface area contributed by atoms with Crippen LogP contribution in [0.15, 0.2) is 87.4 Å². The SMILES string of the molecule is Cc1ccccc1-c1cc2cnc(Nc3ccc(OC4CCN(C)C4)cc3)nc2n(Cc2ccoc2S(C)(=O)=O)c1=O. The Labute approximate surface area is 243 Å². The highest BCUT2D eigenvalue weighted by molar-refractivity contribution is 7.90. The van der Waals surface area contributed by atoms with Crippen LogP contribution in [0.25, 0.3) is 22.2 Å². The van der Waals surface area contributed by atoms with Gasteiger partial charge in [-0.25, -0.2) is 13.4 Å². The van der Waals surface area contributed by atoms with Gasteiger partial charge in [0.2, 0.25) is 20.9 Å². The van der Waals surface area contributed by atoms with Crippen molar-refractivity contribution in [3.8, 4) is 16.9 Å². The van der Waals surface area contributed by atoms with Crippen LogP contribution in [0.5, 0.6) is 5.75 Å². The van der Waals surface area contributed by atoms with Gasteiger partial charge in [-0.1, -0.05) is 24.3 Å². The molecule has 5 aromatic rings. The number of anilines is 2. The predicted octanol–water partition coefficient (Wildman–Crippen LogP) is 4.64. The average Bonchev–Trinajstić information content (AvgIpc) is 3.60. The lowest BCUT2D eigenvalue weighted by molar-refractivity contribution is 0.208. The molecule has 0 spiro atoms. The number of benzene rings is 2. The summed E-state index contributed by atoms with van der Waals surface area (Å²) in [6.45, 7) is 3.82. The molecule has 0 saturated carbocycles. The van der Waals surface area contributed by atoms with Crippen molar-refractivity contribution in [1.82, 2.24) is 19.4 Å².